The number of hydrogen-bond acceptors (Lipinski definition) is 5. The second kappa shape index (κ2) is 8.90. The van der Waals surface area contributed by atoms with Crippen LogP contribution >= 0.6 is 0 Å². The van der Waals surface area contributed by atoms with Gasteiger partial charge in [-0.15, -0.1) is 10.2 Å². The van der Waals surface area contributed by atoms with Crippen LogP contribution in [0.15, 0.2) is 71.8 Å². The number of benzene rings is 2. The largest absolute Gasteiger partial charge is 0.345 e. The molecule has 0 saturated heterocycles. The zero-order chi connectivity index (χ0) is 24.5. The topological polar surface area (TPSA) is 105 Å². The second-order valence-electron chi connectivity index (χ2n) is 9.11. The predicted molar refractivity (Wildman–Crippen MR) is 131 cm³/mol. The first-order valence-electron chi connectivity index (χ1n) is 10.9. The summed E-state index contributed by atoms with van der Waals surface area (Å²) in [5.41, 5.74) is 2.41. The van der Waals surface area contributed by atoms with Crippen molar-refractivity contribution in [3.8, 4) is 0 Å². The fourth-order valence-corrected chi connectivity index (χ4v) is 4.94. The lowest BCUT2D eigenvalue weighted by atomic mass is 9.87. The second-order valence-corrected chi connectivity index (χ2v) is 10.8. The molecule has 4 rings (SSSR count). The monoisotopic (exact) mass is 477 g/mol. The molecule has 0 unspecified atom stereocenters. The van der Waals surface area contributed by atoms with Crippen LogP contribution in [0.2, 0.25) is 0 Å². The molecule has 8 nitrogen and oxygen atoms in total. The number of amides is 1. The summed E-state index contributed by atoms with van der Waals surface area (Å²) in [6, 6.07) is 17.5. The quantitative estimate of drug-likeness (QED) is 0.436. The highest BCUT2D eigenvalue weighted by Gasteiger charge is 2.23. The molecule has 2 heterocycles. The number of anilines is 1. The third-order valence-corrected chi connectivity index (χ3v) is 7.06. The first-order chi connectivity index (χ1) is 16.1. The first kappa shape index (κ1) is 23.4. The Labute approximate surface area is 199 Å². The molecule has 1 amide bonds. The van der Waals surface area contributed by atoms with Crippen LogP contribution in [0.4, 0.5) is 5.69 Å². The van der Waals surface area contributed by atoms with Gasteiger partial charge in [0.15, 0.2) is 11.5 Å². The molecular weight excluding hydrogens is 450 g/mol. The van der Waals surface area contributed by atoms with Crippen molar-refractivity contribution in [2.24, 2.45) is 0 Å². The Morgan fingerprint density at radius 1 is 1.00 bits per heavy atom. The SMILES string of the molecule is Cc1ccc(C(C)(C)C)cc1S(=O)(=O)Nc1ccccc1C(=O)NCc1nnc2ccccn12. The summed E-state index contributed by atoms with van der Waals surface area (Å²) >= 11 is 0. The molecule has 2 aromatic carbocycles. The molecule has 4 aromatic rings. The van der Waals surface area contributed by atoms with E-state index < -0.39 is 15.9 Å². The summed E-state index contributed by atoms with van der Waals surface area (Å²) in [6.45, 7) is 7.97. The lowest BCUT2D eigenvalue weighted by Gasteiger charge is -2.21. The van der Waals surface area contributed by atoms with E-state index in [1.54, 1.807) is 47.7 Å². The molecule has 0 bridgehead atoms. The van der Waals surface area contributed by atoms with Gasteiger partial charge in [0.2, 0.25) is 0 Å². The summed E-state index contributed by atoms with van der Waals surface area (Å²) in [6.07, 6.45) is 1.81. The van der Waals surface area contributed by atoms with Gasteiger partial charge in [-0.25, -0.2) is 8.42 Å². The number of nitrogens with one attached hydrogen (secondary N) is 2. The number of aromatic nitrogens is 3. The van der Waals surface area contributed by atoms with E-state index in [0.29, 0.717) is 17.0 Å². The molecule has 9 heteroatoms. The van der Waals surface area contributed by atoms with Gasteiger partial charge in [-0.1, -0.05) is 51.1 Å². The van der Waals surface area contributed by atoms with E-state index >= 15 is 0 Å². The minimum absolute atomic E-state index is 0.137. The van der Waals surface area contributed by atoms with Crippen molar-refractivity contribution in [2.75, 3.05) is 4.72 Å². The van der Waals surface area contributed by atoms with Gasteiger partial charge >= 0.3 is 0 Å². The zero-order valence-electron chi connectivity index (χ0n) is 19.5. The van der Waals surface area contributed by atoms with Crippen molar-refractivity contribution in [1.29, 1.82) is 0 Å². The molecule has 0 aliphatic heterocycles. The number of carbonyl (C=O) groups excluding carboxylic acids is 1. The Bertz CT molecular complexity index is 1470. The molecular formula is C25H27N5O3S. The molecule has 0 aliphatic rings. The summed E-state index contributed by atoms with van der Waals surface area (Å²) < 4.78 is 31.0. The van der Waals surface area contributed by atoms with E-state index in [0.717, 1.165) is 5.56 Å². The van der Waals surface area contributed by atoms with Gasteiger partial charge in [0.05, 0.1) is 22.7 Å². The normalized spacial score (nSPS) is 12.0. The van der Waals surface area contributed by atoms with Crippen LogP contribution in [0.25, 0.3) is 5.65 Å². The Hall–Kier alpha value is -3.72. The maximum absolute atomic E-state index is 13.3. The third kappa shape index (κ3) is 4.79. The number of sulfonamides is 1. The number of rotatable bonds is 6. The van der Waals surface area contributed by atoms with Gasteiger partial charge in [0.25, 0.3) is 15.9 Å². The molecule has 0 saturated carbocycles. The van der Waals surface area contributed by atoms with Crippen LogP contribution in [0.1, 0.15) is 48.1 Å². The van der Waals surface area contributed by atoms with Gasteiger partial charge in [-0.2, -0.15) is 0 Å². The Balaban J connectivity index is 1.58. The summed E-state index contributed by atoms with van der Waals surface area (Å²) in [5.74, 6) is 0.141. The molecule has 34 heavy (non-hydrogen) atoms. The van der Waals surface area contributed by atoms with Crippen LogP contribution in [0, 0.1) is 6.92 Å². The summed E-state index contributed by atoms with van der Waals surface area (Å²) in [5, 5.41) is 11.0. The number of pyridine rings is 1. The molecule has 0 spiro atoms. The highest BCUT2D eigenvalue weighted by Crippen LogP contribution is 2.28. The Morgan fingerprint density at radius 3 is 2.50 bits per heavy atom. The standard InChI is InChI=1S/C25H27N5O3S/c1-17-12-13-18(25(2,3)4)15-21(17)34(32,33)29-20-10-6-5-9-19(20)24(31)26-16-23-28-27-22-11-7-8-14-30(22)23/h5-15,29H,16H2,1-4H3,(H,26,31). The van der Waals surface area contributed by atoms with Crippen molar-refractivity contribution in [3.63, 3.8) is 0 Å². The molecule has 0 aliphatic carbocycles. The fraction of sp³-hybridized carbons (Fsp3) is 0.240. The van der Waals surface area contributed by atoms with Crippen molar-refractivity contribution in [2.45, 2.75) is 44.6 Å². The lowest BCUT2D eigenvalue weighted by Crippen LogP contribution is -2.26. The molecule has 2 N–H and O–H groups in total. The average Bonchev–Trinajstić information content (AvgIpc) is 3.20. The third-order valence-electron chi connectivity index (χ3n) is 5.55. The van der Waals surface area contributed by atoms with Crippen molar-refractivity contribution < 1.29 is 13.2 Å². The van der Waals surface area contributed by atoms with E-state index in [9.17, 15) is 13.2 Å². The van der Waals surface area contributed by atoms with Crippen LogP contribution in [0.3, 0.4) is 0 Å². The zero-order valence-corrected chi connectivity index (χ0v) is 20.3. The highest BCUT2D eigenvalue weighted by atomic mass is 32.2. The van der Waals surface area contributed by atoms with Crippen LogP contribution in [-0.2, 0) is 22.0 Å². The summed E-state index contributed by atoms with van der Waals surface area (Å²) in [7, 11) is -3.93. The van der Waals surface area contributed by atoms with Crippen molar-refractivity contribution in [3.05, 3.63) is 89.4 Å². The van der Waals surface area contributed by atoms with Crippen LogP contribution in [-0.4, -0.2) is 28.9 Å². The first-order valence-corrected chi connectivity index (χ1v) is 12.3. The number of carbonyl (C=O) groups is 1. The highest BCUT2D eigenvalue weighted by molar-refractivity contribution is 7.92. The van der Waals surface area contributed by atoms with Crippen molar-refractivity contribution in [1.82, 2.24) is 19.9 Å². The predicted octanol–water partition coefficient (Wildman–Crippen LogP) is 4.07. The maximum Gasteiger partial charge on any atom is 0.262 e. The van der Waals surface area contributed by atoms with Gasteiger partial charge in [-0.05, 0) is 53.8 Å². The molecule has 176 valence electrons. The molecule has 2 aromatic heterocycles. The average molecular weight is 478 g/mol. The summed E-state index contributed by atoms with van der Waals surface area (Å²) in [4.78, 5) is 13.2. The van der Waals surface area contributed by atoms with E-state index in [4.69, 9.17) is 0 Å². The van der Waals surface area contributed by atoms with Gasteiger partial charge in [0, 0.05) is 6.20 Å². The van der Waals surface area contributed by atoms with Gasteiger partial charge in [-0.3, -0.25) is 13.9 Å². The molecule has 0 atom stereocenters. The smallest absolute Gasteiger partial charge is 0.262 e. The van der Waals surface area contributed by atoms with Crippen LogP contribution < -0.4 is 10.0 Å². The number of aryl methyl sites for hydroxylation is 1. The van der Waals surface area contributed by atoms with E-state index in [1.165, 1.54) is 0 Å². The Kier molecular flexibility index (Phi) is 6.14. The van der Waals surface area contributed by atoms with Gasteiger partial charge in [0.1, 0.15) is 0 Å². The number of para-hydroxylation sites is 1. The lowest BCUT2D eigenvalue weighted by molar-refractivity contribution is 0.0950. The van der Waals surface area contributed by atoms with Crippen molar-refractivity contribution >= 4 is 27.3 Å². The minimum atomic E-state index is -3.93. The number of fused-ring (bicyclic) bond motifs is 1. The number of nitrogens with zero attached hydrogens (tertiary/aromatic N) is 3. The van der Waals surface area contributed by atoms with E-state index in [1.807, 2.05) is 51.2 Å². The molecule has 0 radical (unpaired) electrons. The molecule has 0 fully saturated rings. The minimum Gasteiger partial charge on any atom is -0.345 e. The van der Waals surface area contributed by atoms with E-state index in [2.05, 4.69) is 20.2 Å². The fourth-order valence-electron chi connectivity index (χ4n) is 3.59. The van der Waals surface area contributed by atoms with Gasteiger partial charge < -0.3 is 5.32 Å². The maximum atomic E-state index is 13.3. The van der Waals surface area contributed by atoms with Crippen LogP contribution in [0.5, 0.6) is 0 Å². The number of hydrogen-bond donors (Lipinski definition) is 2. The Morgan fingerprint density at radius 2 is 1.74 bits per heavy atom. The van der Waals surface area contributed by atoms with E-state index in [-0.39, 0.29) is 28.1 Å².